The molecule has 0 aliphatic heterocycles. The van der Waals surface area contributed by atoms with E-state index in [0.29, 0.717) is 9.13 Å². The highest BCUT2D eigenvalue weighted by molar-refractivity contribution is 14.1. The van der Waals surface area contributed by atoms with Crippen LogP contribution in [0.1, 0.15) is 17.2 Å². The second kappa shape index (κ2) is 5.67. The summed E-state index contributed by atoms with van der Waals surface area (Å²) in [6.45, 7) is 0. The standard InChI is InChI=1S/C14H12FIO2/c1-18-11-5-2-9(3-6-11)14(17)12-7-4-10(15)8-13(12)16/h2-8,14,17H,1H3. The van der Waals surface area contributed by atoms with Crippen molar-refractivity contribution >= 4 is 22.6 Å². The van der Waals surface area contributed by atoms with Gasteiger partial charge < -0.3 is 9.84 Å². The Morgan fingerprint density at radius 2 is 1.83 bits per heavy atom. The number of aliphatic hydroxyl groups excluding tert-OH is 1. The molecule has 1 atom stereocenters. The van der Waals surface area contributed by atoms with Crippen molar-refractivity contribution < 1.29 is 14.2 Å². The van der Waals surface area contributed by atoms with Crippen LogP contribution in [0.2, 0.25) is 0 Å². The van der Waals surface area contributed by atoms with Crippen molar-refractivity contribution in [2.24, 2.45) is 0 Å². The number of benzene rings is 2. The Morgan fingerprint density at radius 1 is 1.17 bits per heavy atom. The van der Waals surface area contributed by atoms with E-state index in [-0.39, 0.29) is 5.82 Å². The van der Waals surface area contributed by atoms with Gasteiger partial charge in [-0.2, -0.15) is 0 Å². The SMILES string of the molecule is COc1ccc(C(O)c2ccc(F)cc2I)cc1. The fourth-order valence-electron chi connectivity index (χ4n) is 1.69. The van der Waals surface area contributed by atoms with Gasteiger partial charge in [-0.25, -0.2) is 4.39 Å². The molecule has 0 aliphatic carbocycles. The predicted molar refractivity (Wildman–Crippen MR) is 76.2 cm³/mol. The molecule has 2 aromatic carbocycles. The molecule has 1 N–H and O–H groups in total. The van der Waals surface area contributed by atoms with Crippen LogP contribution >= 0.6 is 22.6 Å². The average molecular weight is 358 g/mol. The van der Waals surface area contributed by atoms with Gasteiger partial charge in [0.1, 0.15) is 17.7 Å². The van der Waals surface area contributed by atoms with Gasteiger partial charge in [-0.1, -0.05) is 18.2 Å². The Balaban J connectivity index is 2.31. The molecule has 2 aromatic rings. The van der Waals surface area contributed by atoms with E-state index < -0.39 is 6.10 Å². The van der Waals surface area contributed by atoms with Crippen molar-refractivity contribution in [3.8, 4) is 5.75 Å². The zero-order chi connectivity index (χ0) is 13.1. The lowest BCUT2D eigenvalue weighted by Gasteiger charge is -2.13. The lowest BCUT2D eigenvalue weighted by Crippen LogP contribution is -2.02. The minimum absolute atomic E-state index is 0.301. The summed E-state index contributed by atoms with van der Waals surface area (Å²) >= 11 is 2.02. The number of halogens is 2. The number of hydrogen-bond donors (Lipinski definition) is 1. The molecule has 0 saturated carbocycles. The molecule has 1 unspecified atom stereocenters. The third kappa shape index (κ3) is 2.81. The average Bonchev–Trinajstić information content (AvgIpc) is 2.38. The molecule has 0 amide bonds. The molecule has 18 heavy (non-hydrogen) atoms. The van der Waals surface area contributed by atoms with Gasteiger partial charge in [-0.3, -0.25) is 0 Å². The summed E-state index contributed by atoms with van der Waals surface area (Å²) in [6.07, 6.45) is -0.761. The van der Waals surface area contributed by atoms with E-state index in [4.69, 9.17) is 4.74 Å². The highest BCUT2D eigenvalue weighted by Gasteiger charge is 2.14. The van der Waals surface area contributed by atoms with Gasteiger partial charge in [0.2, 0.25) is 0 Å². The van der Waals surface area contributed by atoms with Crippen molar-refractivity contribution in [2.45, 2.75) is 6.10 Å². The number of methoxy groups -OCH3 is 1. The monoisotopic (exact) mass is 358 g/mol. The molecule has 0 aromatic heterocycles. The van der Waals surface area contributed by atoms with Crippen LogP contribution in [0.3, 0.4) is 0 Å². The van der Waals surface area contributed by atoms with Crippen molar-refractivity contribution in [1.82, 2.24) is 0 Å². The van der Waals surface area contributed by atoms with Crippen LogP contribution in [0.5, 0.6) is 5.75 Å². The molecule has 0 bridgehead atoms. The van der Waals surface area contributed by atoms with Crippen LogP contribution in [-0.4, -0.2) is 12.2 Å². The minimum atomic E-state index is -0.761. The molecular weight excluding hydrogens is 346 g/mol. The first-order valence-electron chi connectivity index (χ1n) is 5.39. The largest absolute Gasteiger partial charge is 0.497 e. The maximum atomic E-state index is 13.0. The van der Waals surface area contributed by atoms with Gasteiger partial charge in [-0.15, -0.1) is 0 Å². The van der Waals surface area contributed by atoms with Crippen molar-refractivity contribution in [3.05, 3.63) is 63.0 Å². The Bertz CT molecular complexity index is 540. The molecule has 0 heterocycles. The van der Waals surface area contributed by atoms with E-state index >= 15 is 0 Å². The van der Waals surface area contributed by atoms with E-state index in [1.54, 1.807) is 37.4 Å². The third-order valence-corrected chi connectivity index (χ3v) is 3.62. The van der Waals surface area contributed by atoms with E-state index in [1.807, 2.05) is 22.6 Å². The van der Waals surface area contributed by atoms with Gasteiger partial charge in [0.05, 0.1) is 7.11 Å². The predicted octanol–water partition coefficient (Wildman–Crippen LogP) is 3.52. The van der Waals surface area contributed by atoms with E-state index in [2.05, 4.69) is 0 Å². The lowest BCUT2D eigenvalue weighted by atomic mass is 10.0. The molecule has 0 saturated heterocycles. The number of aliphatic hydroxyl groups is 1. The van der Waals surface area contributed by atoms with E-state index in [0.717, 1.165) is 11.3 Å². The molecule has 0 fully saturated rings. The molecule has 4 heteroatoms. The first-order chi connectivity index (χ1) is 8.61. The molecule has 2 nitrogen and oxygen atoms in total. The van der Waals surface area contributed by atoms with Crippen molar-refractivity contribution in [3.63, 3.8) is 0 Å². The lowest BCUT2D eigenvalue weighted by molar-refractivity contribution is 0.219. The molecular formula is C14H12FIO2. The molecule has 0 radical (unpaired) electrons. The van der Waals surface area contributed by atoms with Crippen LogP contribution in [0.25, 0.3) is 0 Å². The van der Waals surface area contributed by atoms with E-state index in [9.17, 15) is 9.50 Å². The Morgan fingerprint density at radius 3 is 2.39 bits per heavy atom. The minimum Gasteiger partial charge on any atom is -0.497 e. The maximum absolute atomic E-state index is 13.0. The van der Waals surface area contributed by atoms with Crippen molar-refractivity contribution in [2.75, 3.05) is 7.11 Å². The van der Waals surface area contributed by atoms with Gasteiger partial charge in [0.25, 0.3) is 0 Å². The second-order valence-electron chi connectivity index (χ2n) is 3.84. The van der Waals surface area contributed by atoms with Gasteiger partial charge in [-0.05, 0) is 58.0 Å². The maximum Gasteiger partial charge on any atom is 0.124 e. The fourth-order valence-corrected chi connectivity index (χ4v) is 2.46. The van der Waals surface area contributed by atoms with E-state index in [1.165, 1.54) is 12.1 Å². The summed E-state index contributed by atoms with van der Waals surface area (Å²) in [4.78, 5) is 0. The molecule has 0 spiro atoms. The van der Waals surface area contributed by atoms with Gasteiger partial charge in [0.15, 0.2) is 0 Å². The third-order valence-electron chi connectivity index (χ3n) is 2.69. The number of ether oxygens (including phenoxy) is 1. The summed E-state index contributed by atoms with van der Waals surface area (Å²) in [5.41, 5.74) is 1.45. The summed E-state index contributed by atoms with van der Waals surface area (Å²) < 4.78 is 18.8. The fraction of sp³-hybridized carbons (Fsp3) is 0.143. The zero-order valence-electron chi connectivity index (χ0n) is 9.73. The summed E-state index contributed by atoms with van der Waals surface area (Å²) in [5, 5.41) is 10.3. The first-order valence-corrected chi connectivity index (χ1v) is 6.46. The number of hydrogen-bond acceptors (Lipinski definition) is 2. The van der Waals surface area contributed by atoms with Crippen LogP contribution < -0.4 is 4.74 Å². The highest BCUT2D eigenvalue weighted by atomic mass is 127. The first kappa shape index (κ1) is 13.3. The van der Waals surface area contributed by atoms with Crippen LogP contribution in [-0.2, 0) is 0 Å². The van der Waals surface area contributed by atoms with Gasteiger partial charge >= 0.3 is 0 Å². The Hall–Kier alpha value is -1.14. The molecule has 0 aliphatic rings. The topological polar surface area (TPSA) is 29.5 Å². The second-order valence-corrected chi connectivity index (χ2v) is 5.00. The number of rotatable bonds is 3. The normalized spacial score (nSPS) is 12.2. The molecule has 94 valence electrons. The summed E-state index contributed by atoms with van der Waals surface area (Å²) in [7, 11) is 1.59. The Labute approximate surface area is 119 Å². The summed E-state index contributed by atoms with van der Waals surface area (Å²) in [5.74, 6) is 0.435. The molecule has 2 rings (SSSR count). The van der Waals surface area contributed by atoms with Gasteiger partial charge in [0, 0.05) is 3.57 Å². The highest BCUT2D eigenvalue weighted by Crippen LogP contribution is 2.27. The quantitative estimate of drug-likeness (QED) is 0.851. The Kier molecular flexibility index (Phi) is 4.19. The van der Waals surface area contributed by atoms with Crippen molar-refractivity contribution in [1.29, 1.82) is 0 Å². The van der Waals surface area contributed by atoms with Crippen LogP contribution in [0, 0.1) is 9.39 Å². The smallest absolute Gasteiger partial charge is 0.124 e. The zero-order valence-corrected chi connectivity index (χ0v) is 11.9. The van der Waals surface area contributed by atoms with Crippen LogP contribution in [0.15, 0.2) is 42.5 Å². The van der Waals surface area contributed by atoms with Crippen LogP contribution in [0.4, 0.5) is 4.39 Å². The summed E-state index contributed by atoms with van der Waals surface area (Å²) in [6, 6.07) is 11.5.